The normalized spacial score (nSPS) is 25.2. The fourth-order valence-electron chi connectivity index (χ4n) is 5.79. The molecule has 172 valence electrons. The van der Waals surface area contributed by atoms with Crippen LogP contribution in [-0.4, -0.2) is 61.7 Å². The van der Waals surface area contributed by atoms with Gasteiger partial charge in [-0.15, -0.1) is 0 Å². The smallest absolute Gasteiger partial charge is 0.233 e. The Kier molecular flexibility index (Phi) is 6.59. The summed E-state index contributed by atoms with van der Waals surface area (Å²) in [4.78, 5) is 18.1. The van der Waals surface area contributed by atoms with Gasteiger partial charge in [0.05, 0.1) is 18.1 Å². The molecule has 2 aliphatic rings. The molecule has 0 radical (unpaired) electrons. The van der Waals surface area contributed by atoms with Crippen molar-refractivity contribution >= 4 is 5.91 Å². The van der Waals surface area contributed by atoms with E-state index < -0.39 is 11.0 Å². The predicted molar refractivity (Wildman–Crippen MR) is 127 cm³/mol. The van der Waals surface area contributed by atoms with E-state index in [2.05, 4.69) is 17.0 Å². The average molecular weight is 437 g/mol. The number of carbonyl (C=O) groups is 1. The average Bonchev–Trinajstić information content (AvgIpc) is 3.32. The van der Waals surface area contributed by atoms with Crippen LogP contribution >= 0.6 is 0 Å². The summed E-state index contributed by atoms with van der Waals surface area (Å²) in [7, 11) is 5.69. The topological polar surface area (TPSA) is 53.0 Å². The van der Waals surface area contributed by atoms with Gasteiger partial charge in [-0.2, -0.15) is 0 Å². The third-order valence-electron chi connectivity index (χ3n) is 7.51. The summed E-state index contributed by atoms with van der Waals surface area (Å²) >= 11 is 0. The minimum Gasteiger partial charge on any atom is -0.497 e. The zero-order chi connectivity index (χ0) is 22.8. The van der Waals surface area contributed by atoms with Crippen molar-refractivity contribution in [3.05, 3.63) is 65.7 Å². The molecule has 32 heavy (non-hydrogen) atoms. The minimum absolute atomic E-state index is 0.0865. The van der Waals surface area contributed by atoms with Crippen LogP contribution in [0.2, 0.25) is 0 Å². The van der Waals surface area contributed by atoms with Crippen LogP contribution in [0.25, 0.3) is 0 Å². The van der Waals surface area contributed by atoms with Gasteiger partial charge in [-0.25, -0.2) is 0 Å². The number of methoxy groups -OCH3 is 1. The zero-order valence-corrected chi connectivity index (χ0v) is 19.6. The first-order valence-electron chi connectivity index (χ1n) is 11.8. The summed E-state index contributed by atoms with van der Waals surface area (Å²) in [6.45, 7) is 1.82. The highest BCUT2D eigenvalue weighted by atomic mass is 16.5. The van der Waals surface area contributed by atoms with Gasteiger partial charge in [-0.1, -0.05) is 55.3 Å². The Morgan fingerprint density at radius 1 is 1.06 bits per heavy atom. The molecule has 1 saturated carbocycles. The first-order valence-corrected chi connectivity index (χ1v) is 11.8. The molecule has 1 saturated heterocycles. The molecule has 0 bridgehead atoms. The molecule has 5 heteroatoms. The fourth-order valence-corrected chi connectivity index (χ4v) is 5.79. The van der Waals surface area contributed by atoms with E-state index in [1.165, 1.54) is 0 Å². The number of nitrogens with zero attached hydrogens (tertiary/aromatic N) is 2. The Labute approximate surface area is 192 Å². The summed E-state index contributed by atoms with van der Waals surface area (Å²) in [6, 6.07) is 18.0. The van der Waals surface area contributed by atoms with Crippen LogP contribution in [0.5, 0.6) is 5.75 Å². The molecule has 2 aromatic carbocycles. The monoisotopic (exact) mass is 436 g/mol. The number of amides is 1. The van der Waals surface area contributed by atoms with Crippen molar-refractivity contribution in [2.75, 3.05) is 40.8 Å². The largest absolute Gasteiger partial charge is 0.497 e. The number of aliphatic hydroxyl groups is 1. The van der Waals surface area contributed by atoms with Crippen LogP contribution in [0, 0.1) is 5.92 Å². The van der Waals surface area contributed by atoms with Crippen molar-refractivity contribution in [1.82, 2.24) is 9.80 Å². The summed E-state index contributed by atoms with van der Waals surface area (Å²) in [6.07, 6.45) is 4.51. The quantitative estimate of drug-likeness (QED) is 0.748. The highest BCUT2D eigenvalue weighted by Crippen LogP contribution is 2.45. The van der Waals surface area contributed by atoms with Crippen molar-refractivity contribution in [1.29, 1.82) is 0 Å². The standard InChI is InChI=1S/C27H36N2O3/c1-28(2)19-23-20-29(17-16-27(23,31)22-12-9-13-24(18-22)32-3)25(30)26(14-7-8-15-26)21-10-5-4-6-11-21/h4-6,9-13,18,23,31H,7-8,14-17,19-20H2,1-3H3. The van der Waals surface area contributed by atoms with Crippen LogP contribution in [0.1, 0.15) is 43.2 Å². The van der Waals surface area contributed by atoms with Crippen molar-refractivity contribution in [2.24, 2.45) is 5.92 Å². The lowest BCUT2D eigenvalue weighted by Crippen LogP contribution is -2.57. The van der Waals surface area contributed by atoms with Crippen LogP contribution < -0.4 is 4.74 Å². The maximum absolute atomic E-state index is 14.0. The summed E-state index contributed by atoms with van der Waals surface area (Å²) in [5, 5.41) is 11.9. The Morgan fingerprint density at radius 3 is 2.41 bits per heavy atom. The second kappa shape index (κ2) is 9.24. The lowest BCUT2D eigenvalue weighted by Gasteiger charge is -2.48. The third kappa shape index (κ3) is 4.16. The number of hydrogen-bond donors (Lipinski definition) is 1. The Bertz CT molecular complexity index is 924. The van der Waals surface area contributed by atoms with Gasteiger partial charge >= 0.3 is 0 Å². The molecule has 2 fully saturated rings. The van der Waals surface area contributed by atoms with E-state index >= 15 is 0 Å². The van der Waals surface area contributed by atoms with Crippen molar-refractivity contribution in [3.8, 4) is 5.75 Å². The van der Waals surface area contributed by atoms with E-state index in [1.807, 2.05) is 61.5 Å². The second-order valence-electron chi connectivity index (χ2n) is 9.77. The molecule has 2 atom stereocenters. The Morgan fingerprint density at radius 2 is 1.75 bits per heavy atom. The summed E-state index contributed by atoms with van der Waals surface area (Å²) < 4.78 is 5.41. The van der Waals surface area contributed by atoms with Gasteiger partial charge < -0.3 is 19.6 Å². The summed E-state index contributed by atoms with van der Waals surface area (Å²) in [5.74, 6) is 0.890. The molecular weight excluding hydrogens is 400 g/mol. The highest BCUT2D eigenvalue weighted by molar-refractivity contribution is 5.88. The minimum atomic E-state index is -0.995. The van der Waals surface area contributed by atoms with E-state index in [4.69, 9.17) is 4.74 Å². The van der Waals surface area contributed by atoms with Gasteiger partial charge in [0, 0.05) is 25.6 Å². The number of hydrogen-bond acceptors (Lipinski definition) is 4. The molecular formula is C27H36N2O3. The molecule has 5 nitrogen and oxygen atoms in total. The van der Waals surface area contributed by atoms with Gasteiger partial charge in [-0.3, -0.25) is 4.79 Å². The van der Waals surface area contributed by atoms with E-state index in [9.17, 15) is 9.90 Å². The lowest BCUT2D eigenvalue weighted by atomic mass is 9.73. The van der Waals surface area contributed by atoms with Crippen LogP contribution in [0.4, 0.5) is 0 Å². The predicted octanol–water partition coefficient (Wildman–Crippen LogP) is 3.80. The van der Waals surface area contributed by atoms with E-state index in [0.717, 1.165) is 42.6 Å². The van der Waals surface area contributed by atoms with Crippen molar-refractivity contribution in [3.63, 3.8) is 0 Å². The van der Waals surface area contributed by atoms with E-state index in [0.29, 0.717) is 26.1 Å². The van der Waals surface area contributed by atoms with Gasteiger partial charge in [0.25, 0.3) is 0 Å². The van der Waals surface area contributed by atoms with Crippen LogP contribution in [0.15, 0.2) is 54.6 Å². The molecule has 2 unspecified atom stereocenters. The maximum atomic E-state index is 14.0. The van der Waals surface area contributed by atoms with E-state index in [1.54, 1.807) is 7.11 Å². The fraction of sp³-hybridized carbons (Fsp3) is 0.519. The second-order valence-corrected chi connectivity index (χ2v) is 9.77. The highest BCUT2D eigenvalue weighted by Gasteiger charge is 2.49. The summed E-state index contributed by atoms with van der Waals surface area (Å²) in [5.41, 5.74) is 0.593. The van der Waals surface area contributed by atoms with Crippen LogP contribution in [-0.2, 0) is 15.8 Å². The molecule has 4 rings (SSSR count). The Hall–Kier alpha value is -2.37. The van der Waals surface area contributed by atoms with Crippen LogP contribution in [0.3, 0.4) is 0 Å². The molecule has 1 amide bonds. The molecule has 1 N–H and O–H groups in total. The van der Waals surface area contributed by atoms with E-state index in [-0.39, 0.29) is 11.8 Å². The number of piperidine rings is 1. The zero-order valence-electron chi connectivity index (χ0n) is 19.6. The first-order chi connectivity index (χ1) is 15.4. The number of likely N-dealkylation sites (tertiary alicyclic amines) is 1. The number of carbonyl (C=O) groups excluding carboxylic acids is 1. The third-order valence-corrected chi connectivity index (χ3v) is 7.51. The molecule has 0 aromatic heterocycles. The van der Waals surface area contributed by atoms with Gasteiger partial charge in [0.1, 0.15) is 5.75 Å². The lowest BCUT2D eigenvalue weighted by molar-refractivity contribution is -0.147. The van der Waals surface area contributed by atoms with Crippen molar-refractivity contribution < 1.29 is 14.6 Å². The van der Waals surface area contributed by atoms with Gasteiger partial charge in [0.15, 0.2) is 0 Å². The molecule has 2 aromatic rings. The number of benzene rings is 2. The first kappa shape index (κ1) is 22.8. The number of ether oxygens (including phenoxy) is 1. The Balaban J connectivity index is 1.63. The molecule has 1 aliphatic carbocycles. The van der Waals surface area contributed by atoms with Gasteiger partial charge in [0.2, 0.25) is 5.91 Å². The number of rotatable bonds is 6. The molecule has 1 heterocycles. The van der Waals surface area contributed by atoms with Crippen molar-refractivity contribution in [2.45, 2.75) is 43.1 Å². The molecule has 1 aliphatic heterocycles. The van der Waals surface area contributed by atoms with Gasteiger partial charge in [-0.05, 0) is 56.6 Å². The maximum Gasteiger partial charge on any atom is 0.233 e. The molecule has 0 spiro atoms. The SMILES string of the molecule is COc1cccc(C2(O)CCN(C(=O)C3(c4ccccc4)CCCC3)CC2CN(C)C)c1.